The zero-order valence-corrected chi connectivity index (χ0v) is 9.15. The largest absolute Gasteiger partial charge is 0.508 e. The van der Waals surface area contributed by atoms with E-state index in [9.17, 15) is 9.50 Å². The standard InChI is InChI=1S/C13H14FNO/c1-15-6-2-3-10(9-15)7-11-8-12(14)4-5-13(11)16/h2-6,8,16H,7,9H2,1H3. The maximum absolute atomic E-state index is 13.0. The van der Waals surface area contributed by atoms with Crippen LogP contribution in [0.1, 0.15) is 5.56 Å². The van der Waals surface area contributed by atoms with Gasteiger partial charge in [-0.15, -0.1) is 0 Å². The molecule has 0 aliphatic carbocycles. The summed E-state index contributed by atoms with van der Waals surface area (Å²) < 4.78 is 13.0. The van der Waals surface area contributed by atoms with Gasteiger partial charge >= 0.3 is 0 Å². The molecule has 16 heavy (non-hydrogen) atoms. The zero-order valence-electron chi connectivity index (χ0n) is 9.15. The fraction of sp³-hybridized carbons (Fsp3) is 0.231. The molecule has 84 valence electrons. The van der Waals surface area contributed by atoms with Gasteiger partial charge in [-0.3, -0.25) is 0 Å². The van der Waals surface area contributed by atoms with Gasteiger partial charge in [0, 0.05) is 19.2 Å². The molecule has 2 rings (SSSR count). The zero-order chi connectivity index (χ0) is 11.5. The summed E-state index contributed by atoms with van der Waals surface area (Å²) in [4.78, 5) is 2.05. The summed E-state index contributed by atoms with van der Waals surface area (Å²) in [5, 5.41) is 9.61. The Labute approximate surface area is 94.3 Å². The minimum absolute atomic E-state index is 0.152. The lowest BCUT2D eigenvalue weighted by Crippen LogP contribution is -2.17. The van der Waals surface area contributed by atoms with Crippen molar-refractivity contribution in [3.05, 3.63) is 53.5 Å². The van der Waals surface area contributed by atoms with Gasteiger partial charge in [-0.05, 0) is 42.5 Å². The molecule has 0 bridgehead atoms. The van der Waals surface area contributed by atoms with Gasteiger partial charge in [0.05, 0.1) is 0 Å². The Morgan fingerprint density at radius 3 is 3.00 bits per heavy atom. The monoisotopic (exact) mass is 219 g/mol. The molecule has 0 fully saturated rings. The number of allylic oxidation sites excluding steroid dienone is 2. The summed E-state index contributed by atoms with van der Waals surface area (Å²) in [7, 11) is 1.98. The first-order chi connectivity index (χ1) is 7.65. The maximum atomic E-state index is 13.0. The molecule has 1 N–H and O–H groups in total. The third-order valence-electron chi connectivity index (χ3n) is 2.58. The van der Waals surface area contributed by atoms with E-state index in [1.54, 1.807) is 0 Å². The minimum atomic E-state index is -0.312. The molecule has 0 atom stereocenters. The second kappa shape index (κ2) is 4.39. The number of hydrogen-bond donors (Lipinski definition) is 1. The summed E-state index contributed by atoms with van der Waals surface area (Å²) in [5.41, 5.74) is 1.79. The van der Waals surface area contributed by atoms with Crippen LogP contribution in [0.2, 0.25) is 0 Å². The Morgan fingerprint density at radius 1 is 1.44 bits per heavy atom. The Morgan fingerprint density at radius 2 is 2.25 bits per heavy atom. The van der Waals surface area contributed by atoms with Crippen LogP contribution < -0.4 is 0 Å². The normalized spacial score (nSPS) is 15.1. The van der Waals surface area contributed by atoms with Crippen molar-refractivity contribution in [2.45, 2.75) is 6.42 Å². The Balaban J connectivity index is 2.18. The molecule has 1 heterocycles. The lowest BCUT2D eigenvalue weighted by atomic mass is 10.0. The topological polar surface area (TPSA) is 23.5 Å². The van der Waals surface area contributed by atoms with Crippen LogP contribution >= 0.6 is 0 Å². The second-order valence-electron chi connectivity index (χ2n) is 4.03. The van der Waals surface area contributed by atoms with Gasteiger partial charge < -0.3 is 10.0 Å². The number of rotatable bonds is 2. The van der Waals surface area contributed by atoms with E-state index >= 15 is 0 Å². The molecule has 3 heteroatoms. The van der Waals surface area contributed by atoms with Gasteiger partial charge in [0.1, 0.15) is 11.6 Å². The van der Waals surface area contributed by atoms with E-state index in [0.717, 1.165) is 12.1 Å². The van der Waals surface area contributed by atoms with Crippen LogP contribution in [0.4, 0.5) is 4.39 Å². The van der Waals surface area contributed by atoms with Crippen molar-refractivity contribution in [1.82, 2.24) is 4.90 Å². The van der Waals surface area contributed by atoms with Gasteiger partial charge in [0.25, 0.3) is 0 Å². The minimum Gasteiger partial charge on any atom is -0.508 e. The number of phenols is 1. The van der Waals surface area contributed by atoms with Crippen molar-refractivity contribution in [1.29, 1.82) is 0 Å². The van der Waals surface area contributed by atoms with E-state index in [1.807, 2.05) is 30.3 Å². The van der Waals surface area contributed by atoms with E-state index in [1.165, 1.54) is 18.2 Å². The fourth-order valence-electron chi connectivity index (χ4n) is 1.81. The molecule has 0 aromatic heterocycles. The number of phenolic OH excluding ortho intramolecular Hbond substituents is 1. The molecule has 0 radical (unpaired) electrons. The molecule has 0 saturated heterocycles. The second-order valence-corrected chi connectivity index (χ2v) is 4.03. The van der Waals surface area contributed by atoms with Gasteiger partial charge in [-0.2, -0.15) is 0 Å². The van der Waals surface area contributed by atoms with Crippen LogP contribution in [0.3, 0.4) is 0 Å². The first-order valence-electron chi connectivity index (χ1n) is 5.19. The predicted octanol–water partition coefficient (Wildman–Crippen LogP) is 2.46. The van der Waals surface area contributed by atoms with Gasteiger partial charge in [-0.1, -0.05) is 6.08 Å². The number of benzene rings is 1. The molecular formula is C13H14FNO. The van der Waals surface area contributed by atoms with Crippen LogP contribution in [0.15, 0.2) is 42.1 Å². The molecule has 1 aliphatic rings. The maximum Gasteiger partial charge on any atom is 0.123 e. The third-order valence-corrected chi connectivity index (χ3v) is 2.58. The number of aromatic hydroxyl groups is 1. The van der Waals surface area contributed by atoms with Crippen LogP contribution in [-0.4, -0.2) is 23.6 Å². The van der Waals surface area contributed by atoms with E-state index in [0.29, 0.717) is 12.0 Å². The average molecular weight is 219 g/mol. The smallest absolute Gasteiger partial charge is 0.123 e. The van der Waals surface area contributed by atoms with Gasteiger partial charge in [-0.25, -0.2) is 4.39 Å². The third kappa shape index (κ3) is 2.42. The highest BCUT2D eigenvalue weighted by Crippen LogP contribution is 2.22. The summed E-state index contributed by atoms with van der Waals surface area (Å²) in [6, 6.07) is 4.04. The summed E-state index contributed by atoms with van der Waals surface area (Å²) >= 11 is 0. The highest BCUT2D eigenvalue weighted by atomic mass is 19.1. The van der Waals surface area contributed by atoms with E-state index in [2.05, 4.69) is 0 Å². The van der Waals surface area contributed by atoms with Gasteiger partial charge in [0.2, 0.25) is 0 Å². The first kappa shape index (κ1) is 10.7. The highest BCUT2D eigenvalue weighted by Gasteiger charge is 2.08. The van der Waals surface area contributed by atoms with Gasteiger partial charge in [0.15, 0.2) is 0 Å². The Kier molecular flexibility index (Phi) is 2.95. The number of hydrogen-bond acceptors (Lipinski definition) is 2. The SMILES string of the molecule is CN1C=CC=C(Cc2cc(F)ccc2O)C1. The van der Waals surface area contributed by atoms with Crippen molar-refractivity contribution in [3.63, 3.8) is 0 Å². The van der Waals surface area contributed by atoms with E-state index < -0.39 is 0 Å². The summed E-state index contributed by atoms with van der Waals surface area (Å²) in [5.74, 6) is -0.160. The molecule has 0 unspecified atom stereocenters. The van der Waals surface area contributed by atoms with Crippen molar-refractivity contribution in [2.75, 3.05) is 13.6 Å². The number of likely N-dealkylation sites (N-methyl/N-ethyl adjacent to an activating group) is 1. The van der Waals surface area contributed by atoms with Crippen molar-refractivity contribution >= 4 is 0 Å². The fourth-order valence-corrected chi connectivity index (χ4v) is 1.81. The van der Waals surface area contributed by atoms with Crippen molar-refractivity contribution < 1.29 is 9.50 Å². The predicted molar refractivity (Wildman–Crippen MR) is 61.6 cm³/mol. The molecule has 0 spiro atoms. The molecule has 1 aromatic rings. The first-order valence-corrected chi connectivity index (χ1v) is 5.19. The van der Waals surface area contributed by atoms with Crippen LogP contribution in [-0.2, 0) is 6.42 Å². The van der Waals surface area contributed by atoms with Crippen LogP contribution in [0.5, 0.6) is 5.75 Å². The highest BCUT2D eigenvalue weighted by molar-refractivity contribution is 5.37. The van der Waals surface area contributed by atoms with Crippen molar-refractivity contribution in [3.8, 4) is 5.75 Å². The molecule has 2 nitrogen and oxygen atoms in total. The Bertz CT molecular complexity index is 451. The van der Waals surface area contributed by atoms with Crippen LogP contribution in [0, 0.1) is 5.82 Å². The summed E-state index contributed by atoms with van der Waals surface area (Å²) in [6.45, 7) is 0.812. The average Bonchev–Trinajstić information content (AvgIpc) is 2.24. The Hall–Kier alpha value is -1.77. The lowest BCUT2D eigenvalue weighted by Gasteiger charge is -2.20. The lowest BCUT2D eigenvalue weighted by molar-refractivity contribution is 0.461. The number of nitrogens with zero attached hydrogens (tertiary/aromatic N) is 1. The molecule has 1 aliphatic heterocycles. The van der Waals surface area contributed by atoms with Crippen LogP contribution in [0.25, 0.3) is 0 Å². The van der Waals surface area contributed by atoms with E-state index in [-0.39, 0.29) is 11.6 Å². The molecule has 0 saturated carbocycles. The molecular weight excluding hydrogens is 205 g/mol. The van der Waals surface area contributed by atoms with E-state index in [4.69, 9.17) is 0 Å². The van der Waals surface area contributed by atoms with Crippen molar-refractivity contribution in [2.24, 2.45) is 0 Å². The molecule has 1 aromatic carbocycles. The molecule has 0 amide bonds. The quantitative estimate of drug-likeness (QED) is 0.826. The summed E-state index contributed by atoms with van der Waals surface area (Å²) in [6.07, 6.45) is 6.52. The number of halogens is 1.